The largest absolute Gasteiger partial charge is 0.465 e. The van der Waals surface area contributed by atoms with E-state index in [-0.39, 0.29) is 0 Å². The van der Waals surface area contributed by atoms with Crippen LogP contribution in [0.5, 0.6) is 0 Å². The Kier molecular flexibility index (Phi) is 5.18. The molecule has 0 aromatic heterocycles. The molecule has 0 aliphatic heterocycles. The van der Waals surface area contributed by atoms with E-state index < -0.39 is 29.1 Å². The second kappa shape index (κ2) is 7.12. The van der Waals surface area contributed by atoms with Crippen molar-refractivity contribution in [2.24, 2.45) is 0 Å². The number of hydrogen-bond donors (Lipinski definition) is 0. The van der Waals surface area contributed by atoms with Gasteiger partial charge in [0.25, 0.3) is 0 Å². The topological polar surface area (TPSA) is 43.4 Å². The number of benzene rings is 2. The number of halogens is 3. The Hall–Kier alpha value is -2.89. The van der Waals surface area contributed by atoms with Gasteiger partial charge in [0, 0.05) is 5.56 Å². The van der Waals surface area contributed by atoms with Crippen LogP contribution in [0.1, 0.15) is 31.8 Å². The molecule has 2 aromatic rings. The van der Waals surface area contributed by atoms with Crippen LogP contribution < -0.4 is 0 Å². The highest BCUT2D eigenvalue weighted by Crippen LogP contribution is 2.32. The Morgan fingerprint density at radius 1 is 1.00 bits per heavy atom. The first-order valence-corrected chi connectivity index (χ1v) is 6.90. The number of methoxy groups -OCH3 is 1. The standard InChI is InChI=1S/C18H13F3O3/c1-24-17(23)13-9-6-12(7-10-13)8-11-16(22)14-4-2-3-5-15(14)18(19,20)21/h2-11H,1H3/b11-8+. The molecule has 0 aliphatic rings. The number of allylic oxidation sites excluding steroid dienone is 1. The number of carbonyl (C=O) groups excluding carboxylic acids is 2. The van der Waals surface area contributed by atoms with E-state index in [0.717, 1.165) is 18.2 Å². The van der Waals surface area contributed by atoms with Crippen molar-refractivity contribution in [1.82, 2.24) is 0 Å². The molecule has 0 amide bonds. The van der Waals surface area contributed by atoms with Gasteiger partial charge in [0.2, 0.25) is 0 Å². The van der Waals surface area contributed by atoms with Crippen LogP contribution in [0.25, 0.3) is 6.08 Å². The molecular weight excluding hydrogens is 321 g/mol. The molecule has 0 saturated carbocycles. The van der Waals surface area contributed by atoms with Crippen LogP contribution in [0.2, 0.25) is 0 Å². The number of ether oxygens (including phenoxy) is 1. The van der Waals surface area contributed by atoms with E-state index in [0.29, 0.717) is 11.1 Å². The Balaban J connectivity index is 2.21. The predicted octanol–water partition coefficient (Wildman–Crippen LogP) is 4.39. The van der Waals surface area contributed by atoms with Crippen molar-refractivity contribution >= 4 is 17.8 Å². The summed E-state index contributed by atoms with van der Waals surface area (Å²) in [4.78, 5) is 23.4. The molecule has 0 saturated heterocycles. The van der Waals surface area contributed by atoms with Crippen LogP contribution in [0.15, 0.2) is 54.6 Å². The molecule has 6 heteroatoms. The molecule has 124 valence electrons. The average Bonchev–Trinajstić information content (AvgIpc) is 2.58. The number of alkyl halides is 3. The molecule has 24 heavy (non-hydrogen) atoms. The quantitative estimate of drug-likeness (QED) is 0.473. The minimum absolute atomic E-state index is 0.336. The van der Waals surface area contributed by atoms with Gasteiger partial charge in [-0.1, -0.05) is 36.4 Å². The minimum atomic E-state index is -4.59. The fourth-order valence-electron chi connectivity index (χ4n) is 2.06. The van der Waals surface area contributed by atoms with Crippen molar-refractivity contribution in [1.29, 1.82) is 0 Å². The third kappa shape index (κ3) is 4.10. The molecule has 0 heterocycles. The Morgan fingerprint density at radius 2 is 1.62 bits per heavy atom. The van der Waals surface area contributed by atoms with E-state index in [1.54, 1.807) is 12.1 Å². The van der Waals surface area contributed by atoms with Crippen molar-refractivity contribution in [3.63, 3.8) is 0 Å². The van der Waals surface area contributed by atoms with Crippen LogP contribution in [0.3, 0.4) is 0 Å². The lowest BCUT2D eigenvalue weighted by Crippen LogP contribution is -2.11. The van der Waals surface area contributed by atoms with E-state index >= 15 is 0 Å². The van der Waals surface area contributed by atoms with Crippen LogP contribution in [-0.4, -0.2) is 18.9 Å². The van der Waals surface area contributed by atoms with Crippen molar-refractivity contribution in [3.8, 4) is 0 Å². The summed E-state index contributed by atoms with van der Waals surface area (Å²) < 4.78 is 43.3. The maximum absolute atomic E-state index is 12.9. The molecule has 0 radical (unpaired) electrons. The normalized spacial score (nSPS) is 11.5. The van der Waals surface area contributed by atoms with Crippen LogP contribution in [0, 0.1) is 0 Å². The SMILES string of the molecule is COC(=O)c1ccc(/C=C/C(=O)c2ccccc2C(F)(F)F)cc1. The summed E-state index contributed by atoms with van der Waals surface area (Å²) in [5.74, 6) is -1.25. The fourth-order valence-corrected chi connectivity index (χ4v) is 2.06. The van der Waals surface area contributed by atoms with E-state index in [1.165, 1.54) is 37.5 Å². The molecule has 0 N–H and O–H groups in total. The summed E-state index contributed by atoms with van der Waals surface area (Å²) >= 11 is 0. The first kappa shape index (κ1) is 17.5. The maximum atomic E-state index is 12.9. The third-order valence-electron chi connectivity index (χ3n) is 3.26. The maximum Gasteiger partial charge on any atom is 0.417 e. The zero-order chi connectivity index (χ0) is 17.7. The third-order valence-corrected chi connectivity index (χ3v) is 3.26. The lowest BCUT2D eigenvalue weighted by atomic mass is 10.0. The van der Waals surface area contributed by atoms with Crippen LogP contribution in [-0.2, 0) is 10.9 Å². The second-order valence-corrected chi connectivity index (χ2v) is 4.85. The molecule has 2 aromatic carbocycles. The summed E-state index contributed by atoms with van der Waals surface area (Å²) in [6.07, 6.45) is -2.14. The molecular formula is C18H13F3O3. The minimum Gasteiger partial charge on any atom is -0.465 e. The smallest absolute Gasteiger partial charge is 0.417 e. The van der Waals surface area contributed by atoms with Crippen LogP contribution >= 0.6 is 0 Å². The number of esters is 1. The zero-order valence-corrected chi connectivity index (χ0v) is 12.6. The Labute approximate surface area is 136 Å². The summed E-state index contributed by atoms with van der Waals surface area (Å²) in [7, 11) is 1.26. The summed E-state index contributed by atoms with van der Waals surface area (Å²) in [6, 6.07) is 10.7. The van der Waals surface area contributed by atoms with Crippen LogP contribution in [0.4, 0.5) is 13.2 Å². The number of ketones is 1. The van der Waals surface area contributed by atoms with Gasteiger partial charge >= 0.3 is 12.1 Å². The second-order valence-electron chi connectivity index (χ2n) is 4.85. The van der Waals surface area contributed by atoms with E-state index in [2.05, 4.69) is 4.74 Å². The summed E-state index contributed by atoms with van der Waals surface area (Å²) in [5, 5.41) is 0. The molecule has 3 nitrogen and oxygen atoms in total. The van der Waals surface area contributed by atoms with Gasteiger partial charge in [-0.2, -0.15) is 13.2 Å². The highest BCUT2D eigenvalue weighted by molar-refractivity contribution is 6.08. The highest BCUT2D eigenvalue weighted by atomic mass is 19.4. The average molecular weight is 334 g/mol. The molecule has 0 spiro atoms. The van der Waals surface area contributed by atoms with Gasteiger partial charge in [-0.25, -0.2) is 4.79 Å². The van der Waals surface area contributed by atoms with Gasteiger partial charge < -0.3 is 4.74 Å². The van der Waals surface area contributed by atoms with Gasteiger partial charge in [-0.05, 0) is 29.8 Å². The predicted molar refractivity (Wildman–Crippen MR) is 82.6 cm³/mol. The van der Waals surface area contributed by atoms with Crippen molar-refractivity contribution in [2.75, 3.05) is 7.11 Å². The Morgan fingerprint density at radius 3 is 2.21 bits per heavy atom. The number of hydrogen-bond acceptors (Lipinski definition) is 3. The van der Waals surface area contributed by atoms with Crippen molar-refractivity contribution in [2.45, 2.75) is 6.18 Å². The molecule has 0 atom stereocenters. The molecule has 0 bridgehead atoms. The van der Waals surface area contributed by atoms with Crippen molar-refractivity contribution < 1.29 is 27.5 Å². The van der Waals surface area contributed by atoms with Crippen molar-refractivity contribution in [3.05, 3.63) is 76.9 Å². The van der Waals surface area contributed by atoms with E-state index in [1.807, 2.05) is 0 Å². The number of carbonyl (C=O) groups is 2. The first-order chi connectivity index (χ1) is 11.3. The monoisotopic (exact) mass is 334 g/mol. The Bertz CT molecular complexity index is 775. The van der Waals surface area contributed by atoms with Gasteiger partial charge in [-0.3, -0.25) is 4.79 Å². The lowest BCUT2D eigenvalue weighted by molar-refractivity contribution is -0.137. The highest BCUT2D eigenvalue weighted by Gasteiger charge is 2.34. The van der Waals surface area contributed by atoms with E-state index in [4.69, 9.17) is 0 Å². The summed E-state index contributed by atoms with van der Waals surface area (Å²) in [6.45, 7) is 0. The summed E-state index contributed by atoms with van der Waals surface area (Å²) in [5.41, 5.74) is -0.475. The van der Waals surface area contributed by atoms with Gasteiger partial charge in [0.1, 0.15) is 0 Å². The fraction of sp³-hybridized carbons (Fsp3) is 0.111. The molecule has 0 fully saturated rings. The van der Waals surface area contributed by atoms with Gasteiger partial charge in [-0.15, -0.1) is 0 Å². The van der Waals surface area contributed by atoms with E-state index in [9.17, 15) is 22.8 Å². The number of rotatable bonds is 4. The molecule has 0 aliphatic carbocycles. The lowest BCUT2D eigenvalue weighted by Gasteiger charge is -2.10. The molecule has 0 unspecified atom stereocenters. The zero-order valence-electron chi connectivity index (χ0n) is 12.6. The first-order valence-electron chi connectivity index (χ1n) is 6.90. The van der Waals surface area contributed by atoms with Gasteiger partial charge in [0.05, 0.1) is 18.2 Å². The van der Waals surface area contributed by atoms with Gasteiger partial charge in [0.15, 0.2) is 5.78 Å². The molecule has 2 rings (SSSR count).